The number of benzene rings is 1. The minimum Gasteiger partial charge on any atom is -0.311 e. The highest BCUT2D eigenvalue weighted by atomic mass is 15.3. The van der Waals surface area contributed by atoms with Gasteiger partial charge in [0.05, 0.1) is 0 Å². The third kappa shape index (κ3) is 3.64. The van der Waals surface area contributed by atoms with Gasteiger partial charge in [-0.1, -0.05) is 57.0 Å². The first-order chi connectivity index (χ1) is 9.35. The summed E-state index contributed by atoms with van der Waals surface area (Å²) >= 11 is 0. The highest BCUT2D eigenvalue weighted by Gasteiger charge is 2.10. The molecule has 4 heteroatoms. The molecule has 0 unspecified atom stereocenters. The quantitative estimate of drug-likeness (QED) is 0.802. The van der Waals surface area contributed by atoms with Crippen LogP contribution in [0.15, 0.2) is 30.3 Å². The van der Waals surface area contributed by atoms with Gasteiger partial charge in [0.1, 0.15) is 11.4 Å². The van der Waals surface area contributed by atoms with Crippen molar-refractivity contribution >= 4 is 0 Å². The lowest BCUT2D eigenvalue weighted by atomic mass is 10.0. The third-order valence-corrected chi connectivity index (χ3v) is 3.55. The van der Waals surface area contributed by atoms with Gasteiger partial charge in [-0.25, -0.2) is 0 Å². The van der Waals surface area contributed by atoms with Gasteiger partial charge in [0.15, 0.2) is 0 Å². The number of hydrogen-bond acceptors (Lipinski definition) is 3. The zero-order valence-corrected chi connectivity index (χ0v) is 11.7. The number of rotatable bonds is 7. The highest BCUT2D eigenvalue weighted by molar-refractivity contribution is 5.60. The van der Waals surface area contributed by atoms with Crippen molar-refractivity contribution in [3.05, 3.63) is 36.0 Å². The van der Waals surface area contributed by atoms with Crippen molar-refractivity contribution in [2.75, 3.05) is 6.54 Å². The van der Waals surface area contributed by atoms with Crippen molar-refractivity contribution in [2.45, 2.75) is 33.2 Å². The van der Waals surface area contributed by atoms with Crippen molar-refractivity contribution < 1.29 is 0 Å². The molecular weight excluding hydrogens is 236 g/mol. The minimum absolute atomic E-state index is 0.743. The second kappa shape index (κ2) is 7.04. The Morgan fingerprint density at radius 3 is 2.53 bits per heavy atom. The SMILES string of the molecule is CCC(CC)CNCc1n[nH]nc1-c1ccccc1. The van der Waals surface area contributed by atoms with Crippen molar-refractivity contribution in [3.63, 3.8) is 0 Å². The topological polar surface area (TPSA) is 53.6 Å². The molecule has 0 fully saturated rings. The Kier molecular flexibility index (Phi) is 5.10. The monoisotopic (exact) mass is 258 g/mol. The van der Waals surface area contributed by atoms with Crippen LogP contribution in [0.2, 0.25) is 0 Å². The van der Waals surface area contributed by atoms with Gasteiger partial charge < -0.3 is 5.32 Å². The predicted octanol–water partition coefficient (Wildman–Crippen LogP) is 3.00. The lowest BCUT2D eigenvalue weighted by Gasteiger charge is -2.12. The van der Waals surface area contributed by atoms with Gasteiger partial charge in [-0.3, -0.25) is 0 Å². The molecular formula is C15H22N4. The molecule has 0 aliphatic rings. The van der Waals surface area contributed by atoms with E-state index in [0.29, 0.717) is 0 Å². The average molecular weight is 258 g/mol. The van der Waals surface area contributed by atoms with Crippen LogP contribution in [0, 0.1) is 5.92 Å². The van der Waals surface area contributed by atoms with Crippen molar-refractivity contribution in [1.29, 1.82) is 0 Å². The molecule has 0 radical (unpaired) electrons. The fourth-order valence-electron chi connectivity index (χ4n) is 2.18. The fraction of sp³-hybridized carbons (Fsp3) is 0.467. The van der Waals surface area contributed by atoms with E-state index >= 15 is 0 Å². The number of aromatic nitrogens is 3. The molecule has 0 saturated heterocycles. The molecule has 0 saturated carbocycles. The number of nitrogens with zero attached hydrogens (tertiary/aromatic N) is 2. The van der Waals surface area contributed by atoms with E-state index in [2.05, 4.69) is 46.7 Å². The van der Waals surface area contributed by atoms with Gasteiger partial charge >= 0.3 is 0 Å². The molecule has 2 N–H and O–H groups in total. The predicted molar refractivity (Wildman–Crippen MR) is 77.6 cm³/mol. The second-order valence-corrected chi connectivity index (χ2v) is 4.80. The van der Waals surface area contributed by atoms with Crippen LogP contribution in [0.25, 0.3) is 11.3 Å². The Bertz CT molecular complexity index is 474. The van der Waals surface area contributed by atoms with E-state index in [1.54, 1.807) is 0 Å². The molecule has 1 aromatic carbocycles. The van der Waals surface area contributed by atoms with Crippen LogP contribution in [-0.2, 0) is 6.54 Å². The molecule has 0 atom stereocenters. The lowest BCUT2D eigenvalue weighted by Crippen LogP contribution is -2.22. The van der Waals surface area contributed by atoms with Crippen LogP contribution in [-0.4, -0.2) is 22.0 Å². The molecule has 2 aromatic rings. The molecule has 4 nitrogen and oxygen atoms in total. The Morgan fingerprint density at radius 2 is 1.84 bits per heavy atom. The molecule has 0 bridgehead atoms. The standard InChI is InChI=1S/C15H22N4/c1-3-12(4-2)10-16-11-14-15(18-19-17-14)13-8-6-5-7-9-13/h5-9,12,16H,3-4,10-11H2,1-2H3,(H,17,18,19). The van der Waals surface area contributed by atoms with Crippen molar-refractivity contribution in [3.8, 4) is 11.3 Å². The van der Waals surface area contributed by atoms with E-state index in [1.807, 2.05) is 18.2 Å². The van der Waals surface area contributed by atoms with Gasteiger partial charge in [0, 0.05) is 12.1 Å². The van der Waals surface area contributed by atoms with Crippen LogP contribution < -0.4 is 5.32 Å². The van der Waals surface area contributed by atoms with Gasteiger partial charge in [-0.15, -0.1) is 0 Å². The largest absolute Gasteiger partial charge is 0.311 e. The van der Waals surface area contributed by atoms with E-state index in [1.165, 1.54) is 12.8 Å². The summed E-state index contributed by atoms with van der Waals surface area (Å²) in [5, 5.41) is 14.7. The molecule has 0 amide bonds. The zero-order chi connectivity index (χ0) is 13.5. The van der Waals surface area contributed by atoms with E-state index in [9.17, 15) is 0 Å². The van der Waals surface area contributed by atoms with E-state index in [4.69, 9.17) is 0 Å². The second-order valence-electron chi connectivity index (χ2n) is 4.80. The number of nitrogens with one attached hydrogen (secondary N) is 2. The summed E-state index contributed by atoms with van der Waals surface area (Å²) in [6.07, 6.45) is 2.43. The summed E-state index contributed by atoms with van der Waals surface area (Å²) in [7, 11) is 0. The summed E-state index contributed by atoms with van der Waals surface area (Å²) in [6.45, 7) is 6.27. The molecule has 0 aliphatic carbocycles. The Morgan fingerprint density at radius 1 is 1.11 bits per heavy atom. The van der Waals surface area contributed by atoms with Crippen LogP contribution in [0.1, 0.15) is 32.4 Å². The molecule has 19 heavy (non-hydrogen) atoms. The molecule has 1 aromatic heterocycles. The summed E-state index contributed by atoms with van der Waals surface area (Å²) in [5.74, 6) is 0.743. The molecule has 0 spiro atoms. The molecule has 1 heterocycles. The molecule has 0 aliphatic heterocycles. The molecule has 2 rings (SSSR count). The highest BCUT2D eigenvalue weighted by Crippen LogP contribution is 2.18. The van der Waals surface area contributed by atoms with Gasteiger partial charge in [-0.2, -0.15) is 15.4 Å². The zero-order valence-electron chi connectivity index (χ0n) is 11.7. The maximum atomic E-state index is 4.25. The van der Waals surface area contributed by atoms with E-state index in [-0.39, 0.29) is 0 Å². The van der Waals surface area contributed by atoms with Gasteiger partial charge in [-0.05, 0) is 12.5 Å². The number of aromatic amines is 1. The van der Waals surface area contributed by atoms with Crippen molar-refractivity contribution in [2.24, 2.45) is 5.92 Å². The average Bonchev–Trinajstić information content (AvgIpc) is 2.93. The summed E-state index contributed by atoms with van der Waals surface area (Å²) in [4.78, 5) is 0. The molecule has 102 valence electrons. The van der Waals surface area contributed by atoms with Crippen LogP contribution in [0.5, 0.6) is 0 Å². The first kappa shape index (κ1) is 13.7. The smallest absolute Gasteiger partial charge is 0.117 e. The third-order valence-electron chi connectivity index (χ3n) is 3.55. The maximum absolute atomic E-state index is 4.25. The van der Waals surface area contributed by atoms with Crippen molar-refractivity contribution in [1.82, 2.24) is 20.7 Å². The van der Waals surface area contributed by atoms with Crippen LogP contribution in [0.4, 0.5) is 0 Å². The van der Waals surface area contributed by atoms with Gasteiger partial charge in [0.2, 0.25) is 0 Å². The summed E-state index contributed by atoms with van der Waals surface area (Å²) in [6, 6.07) is 10.2. The summed E-state index contributed by atoms with van der Waals surface area (Å²) < 4.78 is 0. The maximum Gasteiger partial charge on any atom is 0.117 e. The van der Waals surface area contributed by atoms with Gasteiger partial charge in [0.25, 0.3) is 0 Å². The normalized spacial score (nSPS) is 11.1. The number of H-pyrrole nitrogens is 1. The Labute approximate surface area is 114 Å². The first-order valence-corrected chi connectivity index (χ1v) is 7.00. The van der Waals surface area contributed by atoms with Crippen LogP contribution >= 0.6 is 0 Å². The van der Waals surface area contributed by atoms with E-state index in [0.717, 1.165) is 36.0 Å². The summed E-state index contributed by atoms with van der Waals surface area (Å²) in [5.41, 5.74) is 3.03. The first-order valence-electron chi connectivity index (χ1n) is 7.00. The lowest BCUT2D eigenvalue weighted by molar-refractivity contribution is 0.448. The number of hydrogen-bond donors (Lipinski definition) is 2. The van der Waals surface area contributed by atoms with E-state index < -0.39 is 0 Å². The Hall–Kier alpha value is -1.68. The fourth-order valence-corrected chi connectivity index (χ4v) is 2.18. The van der Waals surface area contributed by atoms with Crippen LogP contribution in [0.3, 0.4) is 0 Å². The Balaban J connectivity index is 1.97. The minimum atomic E-state index is 0.743.